The zero-order valence-corrected chi connectivity index (χ0v) is 18.1. The van der Waals surface area contributed by atoms with E-state index >= 15 is 0 Å². The summed E-state index contributed by atoms with van der Waals surface area (Å²) in [6.45, 7) is 3.92. The second-order valence-corrected chi connectivity index (χ2v) is 8.26. The van der Waals surface area contributed by atoms with Crippen LogP contribution in [0.4, 0.5) is 11.6 Å². The molecule has 2 aromatic carbocycles. The number of para-hydroxylation sites is 1. The lowest BCUT2D eigenvalue weighted by molar-refractivity contribution is 0.391. The molecule has 0 aliphatic heterocycles. The van der Waals surface area contributed by atoms with Crippen LogP contribution >= 0.6 is 0 Å². The second kappa shape index (κ2) is 9.00. The predicted octanol–water partition coefficient (Wildman–Crippen LogP) is 3.52. The second-order valence-electron chi connectivity index (χ2n) is 6.61. The molecule has 3 rings (SSSR count). The number of sulfonamides is 1. The van der Waals surface area contributed by atoms with Crippen molar-refractivity contribution in [1.29, 1.82) is 0 Å². The number of hydrogen-bond donors (Lipinski definition) is 2. The van der Waals surface area contributed by atoms with E-state index in [2.05, 4.69) is 20.0 Å². The van der Waals surface area contributed by atoms with Gasteiger partial charge in [0.2, 0.25) is 5.95 Å². The van der Waals surface area contributed by atoms with Gasteiger partial charge in [0.25, 0.3) is 10.0 Å². The number of nitrogens with zero attached hydrogens (tertiary/aromatic N) is 2. The van der Waals surface area contributed by atoms with Crippen LogP contribution < -0.4 is 19.5 Å². The molecule has 30 heavy (non-hydrogen) atoms. The highest BCUT2D eigenvalue weighted by molar-refractivity contribution is 7.92. The molecule has 1 heterocycles. The van der Waals surface area contributed by atoms with Crippen LogP contribution in [0.2, 0.25) is 0 Å². The summed E-state index contributed by atoms with van der Waals surface area (Å²) in [5.41, 5.74) is 2.67. The summed E-state index contributed by atoms with van der Waals surface area (Å²) in [5, 5.41) is 3.18. The molecule has 0 radical (unpaired) electrons. The molecule has 1 aromatic heterocycles. The maximum Gasteiger partial charge on any atom is 0.266 e. The summed E-state index contributed by atoms with van der Waals surface area (Å²) in [6.07, 6.45) is 0. The molecule has 2 N–H and O–H groups in total. The number of aromatic nitrogens is 2. The molecule has 0 unspecified atom stereocenters. The summed E-state index contributed by atoms with van der Waals surface area (Å²) < 4.78 is 39.1. The lowest BCUT2D eigenvalue weighted by Crippen LogP contribution is -2.17. The number of rotatable bonds is 8. The first kappa shape index (κ1) is 21.4. The van der Waals surface area contributed by atoms with Gasteiger partial charge in [-0.3, -0.25) is 0 Å². The van der Waals surface area contributed by atoms with E-state index in [1.807, 2.05) is 12.1 Å². The third-order valence-electron chi connectivity index (χ3n) is 4.35. The Balaban J connectivity index is 1.85. The Kier molecular flexibility index (Phi) is 6.41. The third-order valence-corrected chi connectivity index (χ3v) is 5.73. The van der Waals surface area contributed by atoms with Crippen molar-refractivity contribution >= 4 is 21.7 Å². The molecular formula is C21H24N4O4S. The van der Waals surface area contributed by atoms with Gasteiger partial charge in [-0.05, 0) is 44.2 Å². The molecule has 0 amide bonds. The van der Waals surface area contributed by atoms with E-state index in [9.17, 15) is 8.42 Å². The monoisotopic (exact) mass is 428 g/mol. The highest BCUT2D eigenvalue weighted by atomic mass is 32.2. The molecule has 8 nitrogen and oxygen atoms in total. The van der Waals surface area contributed by atoms with Crippen LogP contribution in [0.5, 0.6) is 11.5 Å². The standard InChI is InChI=1S/C21H24N4O4S/c1-14-11-15(2)24-21(23-14)25-30(26,27)20-8-6-5-7-18(20)22-13-16-9-10-17(28-3)12-19(16)29-4/h5-12,22H,13H2,1-4H3,(H,23,24,25). The minimum Gasteiger partial charge on any atom is -0.497 e. The summed E-state index contributed by atoms with van der Waals surface area (Å²) in [6, 6.07) is 13.9. The largest absolute Gasteiger partial charge is 0.497 e. The van der Waals surface area contributed by atoms with Crippen LogP contribution in [0.15, 0.2) is 53.4 Å². The van der Waals surface area contributed by atoms with Crippen molar-refractivity contribution in [3.63, 3.8) is 0 Å². The van der Waals surface area contributed by atoms with Gasteiger partial charge in [-0.15, -0.1) is 0 Å². The maximum absolute atomic E-state index is 13.0. The van der Waals surface area contributed by atoms with E-state index in [0.29, 0.717) is 35.1 Å². The molecule has 0 bridgehead atoms. The SMILES string of the molecule is COc1ccc(CNc2ccccc2S(=O)(=O)Nc2nc(C)cc(C)n2)c(OC)c1. The molecule has 0 saturated heterocycles. The number of anilines is 2. The number of benzene rings is 2. The minimum atomic E-state index is -3.90. The first-order chi connectivity index (χ1) is 14.3. The number of ether oxygens (including phenoxy) is 2. The average Bonchev–Trinajstić information content (AvgIpc) is 2.71. The molecule has 0 saturated carbocycles. The highest BCUT2D eigenvalue weighted by Gasteiger charge is 2.20. The van der Waals surface area contributed by atoms with Crippen LogP contribution in [0.1, 0.15) is 17.0 Å². The summed E-state index contributed by atoms with van der Waals surface area (Å²) in [4.78, 5) is 8.41. The molecule has 0 aliphatic rings. The molecule has 3 aromatic rings. The Labute approximate surface area is 176 Å². The van der Waals surface area contributed by atoms with Crippen molar-refractivity contribution in [2.45, 2.75) is 25.3 Å². The van der Waals surface area contributed by atoms with Crippen LogP contribution in [0, 0.1) is 13.8 Å². The van der Waals surface area contributed by atoms with E-state index in [-0.39, 0.29) is 10.8 Å². The van der Waals surface area contributed by atoms with Crippen molar-refractivity contribution in [3.05, 3.63) is 65.5 Å². The fourth-order valence-corrected chi connectivity index (χ4v) is 4.11. The van der Waals surface area contributed by atoms with Crippen LogP contribution in [0.25, 0.3) is 0 Å². The average molecular weight is 429 g/mol. The lowest BCUT2D eigenvalue weighted by Gasteiger charge is -2.15. The van der Waals surface area contributed by atoms with Crippen molar-refractivity contribution in [3.8, 4) is 11.5 Å². The Bertz CT molecular complexity index is 1130. The van der Waals surface area contributed by atoms with Gasteiger partial charge in [0.15, 0.2) is 0 Å². The van der Waals surface area contributed by atoms with E-state index in [1.54, 1.807) is 58.4 Å². The summed E-state index contributed by atoms with van der Waals surface area (Å²) >= 11 is 0. The van der Waals surface area contributed by atoms with Gasteiger partial charge in [-0.25, -0.2) is 23.1 Å². The first-order valence-electron chi connectivity index (χ1n) is 9.21. The zero-order valence-electron chi connectivity index (χ0n) is 17.3. The van der Waals surface area contributed by atoms with E-state index in [4.69, 9.17) is 9.47 Å². The van der Waals surface area contributed by atoms with Gasteiger partial charge < -0.3 is 14.8 Å². The van der Waals surface area contributed by atoms with E-state index in [0.717, 1.165) is 5.56 Å². The maximum atomic E-state index is 13.0. The topological polar surface area (TPSA) is 102 Å². The molecule has 9 heteroatoms. The predicted molar refractivity (Wildman–Crippen MR) is 116 cm³/mol. The van der Waals surface area contributed by atoms with Crippen molar-refractivity contribution < 1.29 is 17.9 Å². The van der Waals surface area contributed by atoms with E-state index in [1.165, 1.54) is 6.07 Å². The Hall–Kier alpha value is -3.33. The minimum absolute atomic E-state index is 0.0409. The van der Waals surface area contributed by atoms with Gasteiger partial charge >= 0.3 is 0 Å². The normalized spacial score (nSPS) is 11.1. The molecule has 0 spiro atoms. The van der Waals surface area contributed by atoms with Gasteiger partial charge in [0, 0.05) is 29.6 Å². The van der Waals surface area contributed by atoms with E-state index < -0.39 is 10.0 Å². The zero-order chi connectivity index (χ0) is 21.7. The Morgan fingerprint density at radius 3 is 2.30 bits per heavy atom. The van der Waals surface area contributed by atoms with Gasteiger partial charge in [-0.2, -0.15) is 0 Å². The number of methoxy groups -OCH3 is 2. The molecular weight excluding hydrogens is 404 g/mol. The van der Waals surface area contributed by atoms with Crippen LogP contribution in [-0.2, 0) is 16.6 Å². The summed E-state index contributed by atoms with van der Waals surface area (Å²) in [5.74, 6) is 1.36. The molecule has 158 valence electrons. The number of aryl methyl sites for hydroxylation is 2. The van der Waals surface area contributed by atoms with Gasteiger partial charge in [0.05, 0.1) is 19.9 Å². The molecule has 0 atom stereocenters. The quantitative estimate of drug-likeness (QED) is 0.566. The third kappa shape index (κ3) is 4.98. The molecule has 0 fully saturated rings. The van der Waals surface area contributed by atoms with Gasteiger partial charge in [-0.1, -0.05) is 12.1 Å². The fraction of sp³-hybridized carbons (Fsp3) is 0.238. The van der Waals surface area contributed by atoms with Crippen molar-refractivity contribution in [2.75, 3.05) is 24.3 Å². The summed E-state index contributed by atoms with van der Waals surface area (Å²) in [7, 11) is -0.740. The van der Waals surface area contributed by atoms with Crippen LogP contribution in [0.3, 0.4) is 0 Å². The van der Waals surface area contributed by atoms with Gasteiger partial charge in [0.1, 0.15) is 16.4 Å². The fourth-order valence-electron chi connectivity index (χ4n) is 2.98. The molecule has 0 aliphatic carbocycles. The smallest absolute Gasteiger partial charge is 0.266 e. The number of nitrogens with one attached hydrogen (secondary N) is 2. The highest BCUT2D eigenvalue weighted by Crippen LogP contribution is 2.27. The Morgan fingerprint density at radius 1 is 0.933 bits per heavy atom. The lowest BCUT2D eigenvalue weighted by atomic mass is 10.2. The Morgan fingerprint density at radius 2 is 1.63 bits per heavy atom. The number of hydrogen-bond acceptors (Lipinski definition) is 7. The van der Waals surface area contributed by atoms with Crippen molar-refractivity contribution in [2.24, 2.45) is 0 Å². The first-order valence-corrected chi connectivity index (χ1v) is 10.7. The van der Waals surface area contributed by atoms with Crippen LogP contribution in [-0.4, -0.2) is 32.6 Å². The van der Waals surface area contributed by atoms with Crippen molar-refractivity contribution in [1.82, 2.24) is 9.97 Å².